The largest absolute Gasteiger partial charge is 0.478 e. The number of fused-ring (bicyclic) bond motifs is 1. The van der Waals surface area contributed by atoms with E-state index in [-0.39, 0.29) is 22.8 Å². The lowest BCUT2D eigenvalue weighted by molar-refractivity contribution is -0.131. The summed E-state index contributed by atoms with van der Waals surface area (Å²) in [6.07, 6.45) is 3.49. The Balaban J connectivity index is 2.38. The Bertz CT molecular complexity index is 1070. The van der Waals surface area contributed by atoms with Crippen LogP contribution in [0.15, 0.2) is 42.6 Å². The average molecular weight is 406 g/mol. The molecular weight excluding hydrogens is 392 g/mol. The number of rotatable bonds is 6. The number of hydrogen-bond donors (Lipinski definition) is 2. The lowest BCUT2D eigenvalue weighted by atomic mass is 9.97. The highest BCUT2D eigenvalue weighted by molar-refractivity contribution is 6.31. The molecule has 0 aliphatic heterocycles. The van der Waals surface area contributed by atoms with Gasteiger partial charge in [-0.3, -0.25) is 0 Å². The van der Waals surface area contributed by atoms with Crippen molar-refractivity contribution in [3.05, 3.63) is 53.2 Å². The summed E-state index contributed by atoms with van der Waals surface area (Å²) in [6, 6.07) is 8.45. The number of anilines is 1. The fourth-order valence-electron chi connectivity index (χ4n) is 2.70. The molecular formula is C19H14ClF2N3O3. The van der Waals surface area contributed by atoms with Crippen molar-refractivity contribution in [1.29, 1.82) is 0 Å². The monoisotopic (exact) mass is 405 g/mol. The molecule has 0 amide bonds. The van der Waals surface area contributed by atoms with Crippen LogP contribution in [0.2, 0.25) is 5.02 Å². The van der Waals surface area contributed by atoms with Crippen LogP contribution in [0, 0.1) is 0 Å². The minimum absolute atomic E-state index is 0.113. The summed E-state index contributed by atoms with van der Waals surface area (Å²) in [7, 11) is 1.58. The van der Waals surface area contributed by atoms with Crippen LogP contribution in [-0.4, -0.2) is 34.7 Å². The lowest BCUT2D eigenvalue weighted by Gasteiger charge is -2.15. The molecule has 1 aromatic heterocycles. The standard InChI is InChI=1S/C19H14ClF2N3O3/c1-23-19-24-9-14-13(10-3-2-4-12(20)7-10)8-11(5-6-15(26)27)17(16(14)25-19)28-18(21)22/h2-9,18H,1H3,(H,26,27)(H,23,24,25)/b6-5+. The van der Waals surface area contributed by atoms with Gasteiger partial charge in [0.2, 0.25) is 5.95 Å². The first-order valence-electron chi connectivity index (χ1n) is 8.02. The number of nitrogens with one attached hydrogen (secondary N) is 1. The smallest absolute Gasteiger partial charge is 0.387 e. The molecule has 2 N–H and O–H groups in total. The second-order valence-electron chi connectivity index (χ2n) is 5.61. The Morgan fingerprint density at radius 1 is 1.36 bits per heavy atom. The normalized spacial score (nSPS) is 11.3. The zero-order chi connectivity index (χ0) is 20.3. The second-order valence-corrected chi connectivity index (χ2v) is 6.05. The molecule has 0 bridgehead atoms. The van der Waals surface area contributed by atoms with Gasteiger partial charge in [0.1, 0.15) is 5.52 Å². The van der Waals surface area contributed by atoms with Crippen LogP contribution in [0.4, 0.5) is 14.7 Å². The van der Waals surface area contributed by atoms with Crippen molar-refractivity contribution in [2.45, 2.75) is 6.61 Å². The first-order chi connectivity index (χ1) is 13.4. The van der Waals surface area contributed by atoms with Gasteiger partial charge in [-0.05, 0) is 35.4 Å². The molecule has 0 saturated carbocycles. The van der Waals surface area contributed by atoms with E-state index in [2.05, 4.69) is 20.0 Å². The van der Waals surface area contributed by atoms with Gasteiger partial charge < -0.3 is 15.2 Å². The summed E-state index contributed by atoms with van der Waals surface area (Å²) in [5.41, 5.74) is 1.52. The molecule has 1 heterocycles. The summed E-state index contributed by atoms with van der Waals surface area (Å²) in [4.78, 5) is 19.3. The van der Waals surface area contributed by atoms with Crippen molar-refractivity contribution in [1.82, 2.24) is 9.97 Å². The Morgan fingerprint density at radius 3 is 2.79 bits per heavy atom. The molecule has 0 aliphatic carbocycles. The third-order valence-electron chi connectivity index (χ3n) is 3.83. The average Bonchev–Trinajstić information content (AvgIpc) is 2.66. The molecule has 0 aliphatic rings. The molecule has 0 atom stereocenters. The Morgan fingerprint density at radius 2 is 2.14 bits per heavy atom. The van der Waals surface area contributed by atoms with Crippen LogP contribution >= 0.6 is 11.6 Å². The van der Waals surface area contributed by atoms with Crippen molar-refractivity contribution >= 4 is 40.5 Å². The third-order valence-corrected chi connectivity index (χ3v) is 4.06. The summed E-state index contributed by atoms with van der Waals surface area (Å²) in [5.74, 6) is -1.28. The Labute approximate surface area is 163 Å². The number of ether oxygens (including phenoxy) is 1. The molecule has 0 saturated heterocycles. The van der Waals surface area contributed by atoms with Crippen molar-refractivity contribution in [3.8, 4) is 16.9 Å². The topological polar surface area (TPSA) is 84.3 Å². The van der Waals surface area contributed by atoms with Gasteiger partial charge in [0.25, 0.3) is 0 Å². The van der Waals surface area contributed by atoms with Crippen molar-refractivity contribution in [3.63, 3.8) is 0 Å². The molecule has 3 rings (SSSR count). The maximum Gasteiger partial charge on any atom is 0.387 e. The minimum atomic E-state index is -3.12. The fraction of sp³-hybridized carbons (Fsp3) is 0.105. The number of benzene rings is 2. The van der Waals surface area contributed by atoms with E-state index in [1.807, 2.05) is 0 Å². The maximum atomic E-state index is 13.0. The number of hydrogen-bond acceptors (Lipinski definition) is 5. The van der Waals surface area contributed by atoms with E-state index in [0.29, 0.717) is 21.5 Å². The van der Waals surface area contributed by atoms with Crippen molar-refractivity contribution in [2.24, 2.45) is 0 Å². The molecule has 6 nitrogen and oxygen atoms in total. The zero-order valence-corrected chi connectivity index (χ0v) is 15.2. The molecule has 0 fully saturated rings. The minimum Gasteiger partial charge on any atom is -0.478 e. The quantitative estimate of drug-likeness (QED) is 0.579. The number of carbonyl (C=O) groups is 1. The maximum absolute atomic E-state index is 13.0. The number of alkyl halides is 2. The van der Waals surface area contributed by atoms with Crippen LogP contribution in [0.5, 0.6) is 5.75 Å². The summed E-state index contributed by atoms with van der Waals surface area (Å²) >= 11 is 6.08. The second kappa shape index (κ2) is 8.18. The van der Waals surface area contributed by atoms with Crippen molar-refractivity contribution in [2.75, 3.05) is 12.4 Å². The van der Waals surface area contributed by atoms with Gasteiger partial charge in [0.05, 0.1) is 0 Å². The van der Waals surface area contributed by atoms with Crippen LogP contribution in [0.25, 0.3) is 28.1 Å². The van der Waals surface area contributed by atoms with Gasteiger partial charge >= 0.3 is 12.6 Å². The number of halogens is 3. The summed E-state index contributed by atoms with van der Waals surface area (Å²) < 4.78 is 30.8. The lowest BCUT2D eigenvalue weighted by Crippen LogP contribution is -2.06. The third kappa shape index (κ3) is 4.17. The van der Waals surface area contributed by atoms with E-state index in [9.17, 15) is 13.6 Å². The van der Waals surface area contributed by atoms with Gasteiger partial charge in [-0.2, -0.15) is 8.78 Å². The fourth-order valence-corrected chi connectivity index (χ4v) is 2.89. The number of aromatic nitrogens is 2. The number of nitrogens with zero attached hydrogens (tertiary/aromatic N) is 2. The van der Waals surface area contributed by atoms with Gasteiger partial charge in [0.15, 0.2) is 5.75 Å². The predicted octanol–water partition coefficient (Wildman–Crippen LogP) is 4.69. The van der Waals surface area contributed by atoms with E-state index in [1.165, 1.54) is 18.3 Å². The molecule has 0 spiro atoms. The highest BCUT2D eigenvalue weighted by Gasteiger charge is 2.19. The molecule has 144 valence electrons. The van der Waals surface area contributed by atoms with Gasteiger partial charge in [-0.25, -0.2) is 14.8 Å². The van der Waals surface area contributed by atoms with E-state index in [4.69, 9.17) is 16.7 Å². The Hall–Kier alpha value is -3.26. The van der Waals surface area contributed by atoms with E-state index < -0.39 is 12.6 Å². The number of carboxylic acid groups (broad SMARTS) is 1. The van der Waals surface area contributed by atoms with Crippen molar-refractivity contribution < 1.29 is 23.4 Å². The molecule has 2 aromatic carbocycles. The van der Waals surface area contributed by atoms with Gasteiger partial charge in [0, 0.05) is 35.3 Å². The first-order valence-corrected chi connectivity index (χ1v) is 8.40. The van der Waals surface area contributed by atoms with E-state index in [0.717, 1.165) is 6.08 Å². The zero-order valence-electron chi connectivity index (χ0n) is 14.5. The van der Waals surface area contributed by atoms with Crippen LogP contribution < -0.4 is 10.1 Å². The molecule has 0 radical (unpaired) electrons. The van der Waals surface area contributed by atoms with E-state index >= 15 is 0 Å². The van der Waals surface area contributed by atoms with Crippen LogP contribution in [0.1, 0.15) is 5.56 Å². The van der Waals surface area contributed by atoms with Crippen LogP contribution in [-0.2, 0) is 4.79 Å². The number of aliphatic carboxylic acids is 1. The Kier molecular flexibility index (Phi) is 5.70. The van der Waals surface area contributed by atoms with Gasteiger partial charge in [-0.1, -0.05) is 23.7 Å². The highest BCUT2D eigenvalue weighted by Crippen LogP contribution is 2.38. The summed E-state index contributed by atoms with van der Waals surface area (Å²) in [6.45, 7) is -3.12. The molecule has 28 heavy (non-hydrogen) atoms. The first kappa shape index (κ1) is 19.5. The molecule has 0 unspecified atom stereocenters. The predicted molar refractivity (Wildman–Crippen MR) is 103 cm³/mol. The molecule has 3 aromatic rings. The van der Waals surface area contributed by atoms with E-state index in [1.54, 1.807) is 31.3 Å². The number of carboxylic acids is 1. The van der Waals surface area contributed by atoms with Gasteiger partial charge in [-0.15, -0.1) is 0 Å². The SMILES string of the molecule is CNc1ncc2c(-c3cccc(Cl)c3)cc(/C=C/C(=O)O)c(OC(F)F)c2n1. The summed E-state index contributed by atoms with van der Waals surface area (Å²) in [5, 5.41) is 12.6. The molecule has 9 heteroatoms. The highest BCUT2D eigenvalue weighted by atomic mass is 35.5. The van der Waals surface area contributed by atoms with Crippen LogP contribution in [0.3, 0.4) is 0 Å².